The third-order valence-corrected chi connectivity index (χ3v) is 3.17. The summed E-state index contributed by atoms with van der Waals surface area (Å²) >= 11 is 0. The van der Waals surface area contributed by atoms with Crippen LogP contribution in [0.2, 0.25) is 0 Å². The summed E-state index contributed by atoms with van der Waals surface area (Å²) in [7, 11) is 0. The number of rotatable bonds is 3. The average Bonchev–Trinajstić information content (AvgIpc) is 2.21. The minimum Gasteiger partial charge on any atom is -0.456 e. The van der Waals surface area contributed by atoms with Crippen molar-refractivity contribution in [1.29, 1.82) is 0 Å². The lowest BCUT2D eigenvalue weighted by Gasteiger charge is -2.37. The average molecular weight is 212 g/mol. The molecule has 0 heterocycles. The van der Waals surface area contributed by atoms with Crippen LogP contribution in [0, 0.1) is 0 Å². The predicted molar refractivity (Wildman–Crippen MR) is 58.4 cm³/mol. The molecule has 0 bridgehead atoms. The molecule has 86 valence electrons. The Kier molecular flexibility index (Phi) is 3.91. The molecule has 0 aromatic heterocycles. The highest BCUT2D eigenvalue weighted by molar-refractivity contribution is 5.87. The molecule has 3 heteroatoms. The summed E-state index contributed by atoms with van der Waals surface area (Å²) in [5.74, 6) is -0.312. The Morgan fingerprint density at radius 2 is 2.07 bits per heavy atom. The minimum absolute atomic E-state index is 0.229. The number of carbonyl (C=O) groups is 1. The molecule has 0 aromatic carbocycles. The van der Waals surface area contributed by atoms with E-state index in [-0.39, 0.29) is 17.7 Å². The highest BCUT2D eigenvalue weighted by Crippen LogP contribution is 2.35. The standard InChI is InChI=1S/C12H20O3/c1-4-12(15-11(14)9(2)3)7-5-10(13)6-8-12/h10,13H,2,4-8H2,1,3H3. The maximum absolute atomic E-state index is 11.5. The van der Waals surface area contributed by atoms with Gasteiger partial charge in [0.1, 0.15) is 5.60 Å². The smallest absolute Gasteiger partial charge is 0.333 e. The summed E-state index contributed by atoms with van der Waals surface area (Å²) in [5, 5.41) is 9.42. The van der Waals surface area contributed by atoms with Gasteiger partial charge >= 0.3 is 5.97 Å². The van der Waals surface area contributed by atoms with Gasteiger partial charge in [0.25, 0.3) is 0 Å². The predicted octanol–water partition coefficient (Wildman–Crippen LogP) is 2.19. The molecule has 1 aliphatic carbocycles. The van der Waals surface area contributed by atoms with Crippen LogP contribution in [0.1, 0.15) is 46.0 Å². The van der Waals surface area contributed by atoms with E-state index >= 15 is 0 Å². The van der Waals surface area contributed by atoms with Crippen LogP contribution in [0.25, 0.3) is 0 Å². The van der Waals surface area contributed by atoms with Crippen molar-refractivity contribution in [2.75, 3.05) is 0 Å². The van der Waals surface area contributed by atoms with Gasteiger partial charge in [-0.15, -0.1) is 0 Å². The Balaban J connectivity index is 2.61. The molecule has 0 unspecified atom stereocenters. The number of esters is 1. The van der Waals surface area contributed by atoms with E-state index in [2.05, 4.69) is 6.58 Å². The van der Waals surface area contributed by atoms with Gasteiger partial charge in [-0.05, 0) is 39.0 Å². The van der Waals surface area contributed by atoms with Gasteiger partial charge in [-0.25, -0.2) is 4.79 Å². The molecule has 0 radical (unpaired) electrons. The number of hydrogen-bond donors (Lipinski definition) is 1. The molecule has 1 rings (SSSR count). The fraction of sp³-hybridized carbons (Fsp3) is 0.750. The number of hydrogen-bond acceptors (Lipinski definition) is 3. The Bertz CT molecular complexity index is 250. The Morgan fingerprint density at radius 1 is 1.53 bits per heavy atom. The van der Waals surface area contributed by atoms with E-state index < -0.39 is 0 Å². The quantitative estimate of drug-likeness (QED) is 0.576. The van der Waals surface area contributed by atoms with Crippen LogP contribution in [0.3, 0.4) is 0 Å². The monoisotopic (exact) mass is 212 g/mol. The maximum Gasteiger partial charge on any atom is 0.333 e. The van der Waals surface area contributed by atoms with Gasteiger partial charge in [-0.3, -0.25) is 0 Å². The van der Waals surface area contributed by atoms with Gasteiger partial charge in [0, 0.05) is 5.57 Å². The summed E-state index contributed by atoms with van der Waals surface area (Å²) in [5.41, 5.74) is 0.0730. The fourth-order valence-corrected chi connectivity index (χ4v) is 1.94. The second-order valence-electron chi connectivity index (χ2n) is 4.44. The van der Waals surface area contributed by atoms with Crippen molar-refractivity contribution in [3.8, 4) is 0 Å². The van der Waals surface area contributed by atoms with E-state index in [4.69, 9.17) is 4.74 Å². The fourth-order valence-electron chi connectivity index (χ4n) is 1.94. The molecule has 0 spiro atoms. The molecular weight excluding hydrogens is 192 g/mol. The SMILES string of the molecule is C=C(C)C(=O)OC1(CC)CCC(O)CC1. The molecule has 1 saturated carbocycles. The van der Waals surface area contributed by atoms with Gasteiger partial charge in [0.15, 0.2) is 0 Å². The van der Waals surface area contributed by atoms with Crippen LogP contribution >= 0.6 is 0 Å². The second kappa shape index (κ2) is 4.79. The van der Waals surface area contributed by atoms with Crippen molar-refractivity contribution in [2.24, 2.45) is 0 Å². The van der Waals surface area contributed by atoms with Crippen LogP contribution < -0.4 is 0 Å². The highest BCUT2D eigenvalue weighted by Gasteiger charge is 2.36. The Hall–Kier alpha value is -0.830. The van der Waals surface area contributed by atoms with Gasteiger partial charge in [-0.2, -0.15) is 0 Å². The zero-order valence-corrected chi connectivity index (χ0v) is 9.58. The van der Waals surface area contributed by atoms with Crippen molar-refractivity contribution in [3.63, 3.8) is 0 Å². The van der Waals surface area contributed by atoms with Crippen LogP contribution in [-0.2, 0) is 9.53 Å². The Morgan fingerprint density at radius 3 is 2.47 bits per heavy atom. The van der Waals surface area contributed by atoms with E-state index in [1.165, 1.54) is 0 Å². The van der Waals surface area contributed by atoms with E-state index in [0.29, 0.717) is 5.57 Å². The van der Waals surface area contributed by atoms with Gasteiger partial charge < -0.3 is 9.84 Å². The Labute approximate surface area is 91.1 Å². The summed E-state index contributed by atoms with van der Waals surface area (Å²) in [6, 6.07) is 0. The molecule has 0 aromatic rings. The molecule has 15 heavy (non-hydrogen) atoms. The van der Waals surface area contributed by atoms with Gasteiger partial charge in [0.05, 0.1) is 6.10 Å². The zero-order valence-electron chi connectivity index (χ0n) is 9.58. The van der Waals surface area contributed by atoms with Crippen LogP contribution in [0.5, 0.6) is 0 Å². The first-order valence-corrected chi connectivity index (χ1v) is 5.56. The topological polar surface area (TPSA) is 46.5 Å². The summed E-state index contributed by atoms with van der Waals surface area (Å²) in [4.78, 5) is 11.5. The molecule has 0 amide bonds. The lowest BCUT2D eigenvalue weighted by Crippen LogP contribution is -2.39. The van der Waals surface area contributed by atoms with E-state index in [1.807, 2.05) is 6.92 Å². The molecule has 0 atom stereocenters. The highest BCUT2D eigenvalue weighted by atomic mass is 16.6. The summed E-state index contributed by atoms with van der Waals surface area (Å²) < 4.78 is 5.49. The second-order valence-corrected chi connectivity index (χ2v) is 4.44. The third kappa shape index (κ3) is 3.06. The van der Waals surface area contributed by atoms with Crippen molar-refractivity contribution in [3.05, 3.63) is 12.2 Å². The van der Waals surface area contributed by atoms with Gasteiger partial charge in [-0.1, -0.05) is 13.5 Å². The number of carbonyl (C=O) groups excluding carboxylic acids is 1. The summed E-state index contributed by atoms with van der Waals surface area (Å²) in [6.45, 7) is 7.25. The summed E-state index contributed by atoms with van der Waals surface area (Å²) in [6.07, 6.45) is 3.52. The number of aliphatic hydroxyl groups excluding tert-OH is 1. The zero-order chi connectivity index (χ0) is 11.5. The lowest BCUT2D eigenvalue weighted by molar-refractivity contribution is -0.161. The molecule has 1 N–H and O–H groups in total. The molecule has 1 fully saturated rings. The first kappa shape index (κ1) is 12.2. The van der Waals surface area contributed by atoms with Gasteiger partial charge in [0.2, 0.25) is 0 Å². The van der Waals surface area contributed by atoms with Crippen molar-refractivity contribution in [2.45, 2.75) is 57.7 Å². The van der Waals surface area contributed by atoms with Crippen LogP contribution in [-0.4, -0.2) is 22.8 Å². The maximum atomic E-state index is 11.5. The molecule has 1 aliphatic rings. The molecule has 3 nitrogen and oxygen atoms in total. The molecule has 0 aliphatic heterocycles. The molecule has 0 saturated heterocycles. The normalized spacial score (nSPS) is 31.0. The van der Waals surface area contributed by atoms with Crippen molar-refractivity contribution in [1.82, 2.24) is 0 Å². The van der Waals surface area contributed by atoms with Crippen LogP contribution in [0.15, 0.2) is 12.2 Å². The number of aliphatic hydroxyl groups is 1. The van der Waals surface area contributed by atoms with E-state index in [0.717, 1.165) is 32.1 Å². The van der Waals surface area contributed by atoms with E-state index in [9.17, 15) is 9.90 Å². The minimum atomic E-state index is -0.366. The molecular formula is C12H20O3. The largest absolute Gasteiger partial charge is 0.456 e. The third-order valence-electron chi connectivity index (χ3n) is 3.17. The van der Waals surface area contributed by atoms with E-state index in [1.54, 1.807) is 6.92 Å². The first-order valence-electron chi connectivity index (χ1n) is 5.56. The number of ether oxygens (including phenoxy) is 1. The lowest BCUT2D eigenvalue weighted by atomic mass is 9.81. The first-order chi connectivity index (χ1) is 6.99. The van der Waals surface area contributed by atoms with Crippen molar-refractivity contribution < 1.29 is 14.6 Å². The van der Waals surface area contributed by atoms with Crippen LogP contribution in [0.4, 0.5) is 0 Å². The van der Waals surface area contributed by atoms with Crippen molar-refractivity contribution >= 4 is 5.97 Å².